The quantitative estimate of drug-likeness (QED) is 0.395. The van der Waals surface area contributed by atoms with Crippen molar-refractivity contribution in [3.63, 3.8) is 0 Å². The molecule has 3 aromatic rings. The molecule has 3 aromatic carbocycles. The summed E-state index contributed by atoms with van der Waals surface area (Å²) in [5, 5.41) is 11.4. The van der Waals surface area contributed by atoms with Gasteiger partial charge in [-0.1, -0.05) is 25.1 Å². The lowest BCUT2D eigenvalue weighted by atomic mass is 10.0. The number of hydrogen-bond acceptors (Lipinski definition) is 4. The highest BCUT2D eigenvalue weighted by Gasteiger charge is 2.41. The van der Waals surface area contributed by atoms with E-state index < -0.39 is 49.9 Å². The van der Waals surface area contributed by atoms with Gasteiger partial charge in [-0.25, -0.2) is 17.6 Å². The Morgan fingerprint density at radius 3 is 2.45 bits per heavy atom. The average molecular weight is 551 g/mol. The van der Waals surface area contributed by atoms with E-state index in [1.54, 1.807) is 0 Å². The van der Waals surface area contributed by atoms with Gasteiger partial charge in [-0.05, 0) is 66.8 Å². The number of alkyl halides is 3. The number of hydrogen-bond donors (Lipinski definition) is 2. The maximum absolute atomic E-state index is 14.0. The molecule has 0 saturated carbocycles. The number of sulfonamides is 1. The first-order valence-electron chi connectivity index (χ1n) is 11.5. The Hall–Kier alpha value is -3.93. The Balaban J connectivity index is 1.72. The SMILES string of the molecule is CCc1cccc(S(=O)(=O)N2CCCc3ccc(C(=O)Nc4ccc(C(=O)O)c(F)c4)cc32)c1C(F)(F)F. The molecule has 7 nitrogen and oxygen atoms in total. The van der Waals surface area contributed by atoms with Gasteiger partial charge >= 0.3 is 12.1 Å². The molecule has 0 spiro atoms. The Bertz CT molecular complexity index is 1540. The average Bonchev–Trinajstić information content (AvgIpc) is 2.86. The van der Waals surface area contributed by atoms with E-state index in [9.17, 15) is 35.6 Å². The van der Waals surface area contributed by atoms with Crippen molar-refractivity contribution < 1.29 is 40.7 Å². The van der Waals surface area contributed by atoms with Crippen molar-refractivity contribution in [2.45, 2.75) is 37.3 Å². The van der Waals surface area contributed by atoms with Gasteiger partial charge in [0.25, 0.3) is 15.9 Å². The molecule has 2 N–H and O–H groups in total. The minimum Gasteiger partial charge on any atom is -0.478 e. The van der Waals surface area contributed by atoms with Gasteiger partial charge in [0.05, 0.1) is 16.8 Å². The van der Waals surface area contributed by atoms with E-state index in [-0.39, 0.29) is 35.5 Å². The number of carbonyl (C=O) groups excluding carboxylic acids is 1. The summed E-state index contributed by atoms with van der Waals surface area (Å²) in [5.41, 5.74) is -1.39. The van der Waals surface area contributed by atoms with Crippen LogP contribution < -0.4 is 9.62 Å². The molecule has 0 radical (unpaired) electrons. The molecule has 38 heavy (non-hydrogen) atoms. The molecule has 0 aromatic heterocycles. The van der Waals surface area contributed by atoms with Crippen LogP contribution >= 0.6 is 0 Å². The van der Waals surface area contributed by atoms with E-state index in [1.165, 1.54) is 43.3 Å². The highest BCUT2D eigenvalue weighted by atomic mass is 32.2. The Morgan fingerprint density at radius 2 is 1.82 bits per heavy atom. The van der Waals surface area contributed by atoms with Crippen molar-refractivity contribution in [3.8, 4) is 0 Å². The number of benzene rings is 3. The van der Waals surface area contributed by atoms with Crippen LogP contribution in [0.5, 0.6) is 0 Å². The number of carboxylic acid groups (broad SMARTS) is 1. The normalized spacial score (nSPS) is 13.7. The number of halogens is 4. The number of fused-ring (bicyclic) bond motifs is 1. The van der Waals surface area contributed by atoms with Gasteiger partial charge in [0.1, 0.15) is 10.7 Å². The molecule has 1 heterocycles. The third-order valence-electron chi connectivity index (χ3n) is 6.23. The number of amides is 1. The predicted octanol–water partition coefficient (Wildman–Crippen LogP) is 5.50. The molecule has 0 saturated heterocycles. The number of carbonyl (C=O) groups is 2. The fraction of sp³-hybridized carbons (Fsp3) is 0.231. The molecular weight excluding hydrogens is 528 g/mol. The third-order valence-corrected chi connectivity index (χ3v) is 8.08. The van der Waals surface area contributed by atoms with Gasteiger partial charge in [0.2, 0.25) is 0 Å². The van der Waals surface area contributed by atoms with Crippen LogP contribution in [0, 0.1) is 5.82 Å². The minimum absolute atomic E-state index is 0.0207. The van der Waals surface area contributed by atoms with Crippen LogP contribution in [0.1, 0.15) is 50.8 Å². The second-order valence-electron chi connectivity index (χ2n) is 8.62. The lowest BCUT2D eigenvalue weighted by molar-refractivity contribution is -0.140. The molecule has 200 valence electrons. The Morgan fingerprint density at radius 1 is 1.08 bits per heavy atom. The van der Waals surface area contributed by atoms with Crippen molar-refractivity contribution in [1.29, 1.82) is 0 Å². The lowest BCUT2D eigenvalue weighted by Crippen LogP contribution is -2.37. The number of rotatable bonds is 6. The summed E-state index contributed by atoms with van der Waals surface area (Å²) < 4.78 is 84.0. The topological polar surface area (TPSA) is 104 Å². The molecule has 12 heteroatoms. The molecule has 4 rings (SSSR count). The van der Waals surface area contributed by atoms with E-state index in [2.05, 4.69) is 5.32 Å². The number of nitrogens with zero attached hydrogens (tertiary/aromatic N) is 1. The molecule has 0 atom stereocenters. The van der Waals surface area contributed by atoms with Crippen molar-refractivity contribution in [3.05, 3.63) is 88.2 Å². The summed E-state index contributed by atoms with van der Waals surface area (Å²) in [7, 11) is -4.67. The van der Waals surface area contributed by atoms with Crippen molar-refractivity contribution in [2.24, 2.45) is 0 Å². The van der Waals surface area contributed by atoms with E-state index in [0.29, 0.717) is 18.4 Å². The lowest BCUT2D eigenvalue weighted by Gasteiger charge is -2.32. The van der Waals surface area contributed by atoms with Gasteiger partial charge in [0, 0.05) is 17.8 Å². The molecule has 0 aliphatic carbocycles. The van der Waals surface area contributed by atoms with Crippen LogP contribution in [-0.2, 0) is 29.0 Å². The molecule has 1 amide bonds. The second-order valence-corrected chi connectivity index (χ2v) is 10.5. The fourth-order valence-corrected chi connectivity index (χ4v) is 6.22. The van der Waals surface area contributed by atoms with Gasteiger partial charge in [-0.15, -0.1) is 0 Å². The van der Waals surface area contributed by atoms with Crippen LogP contribution in [0.4, 0.5) is 28.9 Å². The number of carboxylic acids is 1. The molecular formula is C26H22F4N2O5S. The molecule has 1 aliphatic heterocycles. The van der Waals surface area contributed by atoms with Gasteiger partial charge in [-0.2, -0.15) is 13.2 Å². The van der Waals surface area contributed by atoms with Gasteiger partial charge in [-0.3, -0.25) is 9.10 Å². The maximum atomic E-state index is 14.0. The number of nitrogens with one attached hydrogen (secondary N) is 1. The summed E-state index contributed by atoms with van der Waals surface area (Å²) in [5.74, 6) is -3.29. The maximum Gasteiger partial charge on any atom is 0.418 e. The fourth-order valence-electron chi connectivity index (χ4n) is 4.43. The number of anilines is 2. The second kappa shape index (κ2) is 10.1. The highest BCUT2D eigenvalue weighted by Crippen LogP contribution is 2.40. The number of aromatic carboxylic acids is 1. The summed E-state index contributed by atoms with van der Waals surface area (Å²) in [6.45, 7) is 1.42. The van der Waals surface area contributed by atoms with Crippen LogP contribution in [0.2, 0.25) is 0 Å². The third kappa shape index (κ3) is 5.08. The zero-order valence-corrected chi connectivity index (χ0v) is 20.8. The Kier molecular flexibility index (Phi) is 7.20. The van der Waals surface area contributed by atoms with Crippen molar-refractivity contribution in [2.75, 3.05) is 16.2 Å². The highest BCUT2D eigenvalue weighted by molar-refractivity contribution is 7.92. The zero-order valence-electron chi connectivity index (χ0n) is 20.0. The largest absolute Gasteiger partial charge is 0.478 e. The first-order valence-corrected chi connectivity index (χ1v) is 13.0. The molecule has 0 fully saturated rings. The van der Waals surface area contributed by atoms with Crippen LogP contribution in [0.15, 0.2) is 59.5 Å². The summed E-state index contributed by atoms with van der Waals surface area (Å²) in [6.07, 6.45) is -4.11. The molecule has 0 bridgehead atoms. The summed E-state index contributed by atoms with van der Waals surface area (Å²) in [6, 6.07) is 10.6. The molecule has 1 aliphatic rings. The van der Waals surface area contributed by atoms with Crippen molar-refractivity contribution in [1.82, 2.24) is 0 Å². The standard InChI is InChI=1S/C26H22F4N2O5S/c1-2-15-5-3-7-22(23(15)26(28,29)30)38(36,37)32-12-4-6-16-8-9-17(13-21(16)32)24(33)31-18-10-11-19(25(34)35)20(27)14-18/h3,5,7-11,13-14H,2,4,6,12H2,1H3,(H,31,33)(H,34,35). The van der Waals surface area contributed by atoms with E-state index >= 15 is 0 Å². The Labute approximate surface area is 215 Å². The van der Waals surface area contributed by atoms with E-state index in [0.717, 1.165) is 22.5 Å². The van der Waals surface area contributed by atoms with Crippen LogP contribution in [0.3, 0.4) is 0 Å². The summed E-state index contributed by atoms with van der Waals surface area (Å²) in [4.78, 5) is 23.0. The predicted molar refractivity (Wildman–Crippen MR) is 131 cm³/mol. The van der Waals surface area contributed by atoms with E-state index in [4.69, 9.17) is 5.11 Å². The smallest absolute Gasteiger partial charge is 0.418 e. The van der Waals surface area contributed by atoms with Crippen molar-refractivity contribution >= 4 is 33.3 Å². The minimum atomic E-state index is -4.90. The molecule has 0 unspecified atom stereocenters. The zero-order chi connectivity index (χ0) is 27.8. The van der Waals surface area contributed by atoms with Crippen LogP contribution in [0.25, 0.3) is 0 Å². The first-order chi connectivity index (χ1) is 17.8. The summed E-state index contributed by atoms with van der Waals surface area (Å²) >= 11 is 0. The van der Waals surface area contributed by atoms with E-state index in [1.807, 2.05) is 0 Å². The van der Waals surface area contributed by atoms with Gasteiger partial charge < -0.3 is 10.4 Å². The monoisotopic (exact) mass is 550 g/mol. The first kappa shape index (κ1) is 27.1. The van der Waals surface area contributed by atoms with Crippen LogP contribution in [-0.4, -0.2) is 31.9 Å². The number of aryl methyl sites for hydroxylation is 2. The van der Waals surface area contributed by atoms with Gasteiger partial charge in [0.15, 0.2) is 0 Å².